The summed E-state index contributed by atoms with van der Waals surface area (Å²) in [7, 11) is 1.56. The maximum absolute atomic E-state index is 12.1. The highest BCUT2D eigenvalue weighted by Crippen LogP contribution is 2.28. The molecule has 30 heavy (non-hydrogen) atoms. The van der Waals surface area contributed by atoms with Gasteiger partial charge in [0, 0.05) is 12.8 Å². The molecule has 0 spiro atoms. The molecule has 156 valence electrons. The van der Waals surface area contributed by atoms with E-state index in [-0.39, 0.29) is 30.4 Å². The molecule has 0 atom stereocenters. The van der Waals surface area contributed by atoms with Crippen LogP contribution in [0.2, 0.25) is 0 Å². The number of rotatable bonds is 8. The topological polar surface area (TPSA) is 106 Å². The van der Waals surface area contributed by atoms with E-state index in [0.29, 0.717) is 28.2 Å². The number of H-pyrrole nitrogens is 1. The molecule has 1 amide bonds. The molecule has 0 radical (unpaired) electrons. The highest BCUT2D eigenvalue weighted by atomic mass is 16.5. The summed E-state index contributed by atoms with van der Waals surface area (Å²) in [5.41, 5.74) is 4.59. The molecule has 0 unspecified atom stereocenters. The summed E-state index contributed by atoms with van der Waals surface area (Å²) in [6.45, 7) is 3.87. The molecular weight excluding hydrogens is 384 g/mol. The number of hydrazone groups is 1. The summed E-state index contributed by atoms with van der Waals surface area (Å²) >= 11 is 0. The van der Waals surface area contributed by atoms with Gasteiger partial charge in [-0.2, -0.15) is 5.10 Å². The summed E-state index contributed by atoms with van der Waals surface area (Å²) in [5.74, 6) is 0.912. The normalized spacial score (nSPS) is 11.2. The molecule has 3 rings (SSSR count). The molecule has 0 fully saturated rings. The molecule has 0 aliphatic rings. The van der Waals surface area contributed by atoms with Crippen LogP contribution >= 0.6 is 0 Å². The van der Waals surface area contributed by atoms with E-state index in [1.165, 1.54) is 6.21 Å². The number of nitrogens with one attached hydrogen (secondary N) is 2. The highest BCUT2D eigenvalue weighted by molar-refractivity contribution is 5.83. The number of para-hydroxylation sites is 2. The van der Waals surface area contributed by atoms with Gasteiger partial charge in [0.2, 0.25) is 5.91 Å². The van der Waals surface area contributed by atoms with E-state index in [9.17, 15) is 9.59 Å². The summed E-state index contributed by atoms with van der Waals surface area (Å²) in [4.78, 5) is 31.3. The van der Waals surface area contributed by atoms with Gasteiger partial charge >= 0.3 is 0 Å². The fourth-order valence-corrected chi connectivity index (χ4v) is 2.82. The standard InChI is InChI=1S/C22H24N4O4/c1-14(2)30-19-10-8-15(12-20(19)29-3)13-23-26-21(27)11-9-18-22(28)25-17-7-5-4-6-16(17)24-18/h4-8,10,12-14H,9,11H2,1-3H3,(H,25,28)(H,26,27)/b23-13+. The summed E-state index contributed by atoms with van der Waals surface area (Å²) in [6, 6.07) is 12.6. The van der Waals surface area contributed by atoms with Gasteiger partial charge in [0.15, 0.2) is 11.5 Å². The Morgan fingerprint density at radius 2 is 2.03 bits per heavy atom. The van der Waals surface area contributed by atoms with Crippen LogP contribution < -0.4 is 20.5 Å². The Morgan fingerprint density at radius 1 is 1.23 bits per heavy atom. The number of carbonyl (C=O) groups excluding carboxylic acids is 1. The number of methoxy groups -OCH3 is 1. The molecule has 2 aromatic carbocycles. The van der Waals surface area contributed by atoms with Crippen molar-refractivity contribution >= 4 is 23.2 Å². The van der Waals surface area contributed by atoms with Gasteiger partial charge in [0.05, 0.1) is 30.5 Å². The van der Waals surface area contributed by atoms with Gasteiger partial charge in [-0.1, -0.05) is 12.1 Å². The van der Waals surface area contributed by atoms with Gasteiger partial charge in [0.1, 0.15) is 5.69 Å². The molecule has 8 heteroatoms. The third-order valence-corrected chi connectivity index (χ3v) is 4.21. The van der Waals surface area contributed by atoms with Crippen molar-refractivity contribution in [3.8, 4) is 11.5 Å². The Bertz CT molecular complexity index is 1120. The van der Waals surface area contributed by atoms with Gasteiger partial charge in [0.25, 0.3) is 5.56 Å². The van der Waals surface area contributed by atoms with Gasteiger partial charge in [-0.25, -0.2) is 10.4 Å². The highest BCUT2D eigenvalue weighted by Gasteiger charge is 2.09. The number of aromatic amines is 1. The fourth-order valence-electron chi connectivity index (χ4n) is 2.82. The molecular formula is C22H24N4O4. The zero-order chi connectivity index (χ0) is 21.5. The minimum Gasteiger partial charge on any atom is -0.493 e. The van der Waals surface area contributed by atoms with Crippen LogP contribution in [0.1, 0.15) is 31.5 Å². The van der Waals surface area contributed by atoms with E-state index in [2.05, 4.69) is 20.5 Å². The number of hydrogen-bond acceptors (Lipinski definition) is 6. The lowest BCUT2D eigenvalue weighted by Gasteiger charge is -2.13. The second-order valence-corrected chi connectivity index (χ2v) is 6.90. The third-order valence-electron chi connectivity index (χ3n) is 4.21. The largest absolute Gasteiger partial charge is 0.493 e. The molecule has 0 aliphatic heterocycles. The average Bonchev–Trinajstić information content (AvgIpc) is 2.72. The van der Waals surface area contributed by atoms with Crippen molar-refractivity contribution in [3.63, 3.8) is 0 Å². The maximum Gasteiger partial charge on any atom is 0.270 e. The maximum atomic E-state index is 12.1. The lowest BCUT2D eigenvalue weighted by Crippen LogP contribution is -2.21. The monoisotopic (exact) mass is 408 g/mol. The van der Waals surface area contributed by atoms with Crippen molar-refractivity contribution in [2.75, 3.05) is 7.11 Å². The first-order valence-corrected chi connectivity index (χ1v) is 9.61. The van der Waals surface area contributed by atoms with E-state index in [1.54, 1.807) is 25.3 Å². The Balaban J connectivity index is 1.57. The number of aromatic nitrogens is 2. The van der Waals surface area contributed by atoms with Crippen molar-refractivity contribution in [3.05, 3.63) is 64.1 Å². The van der Waals surface area contributed by atoms with Crippen molar-refractivity contribution in [2.24, 2.45) is 5.10 Å². The van der Waals surface area contributed by atoms with E-state index in [0.717, 1.165) is 5.56 Å². The smallest absolute Gasteiger partial charge is 0.270 e. The zero-order valence-corrected chi connectivity index (χ0v) is 17.1. The first kappa shape index (κ1) is 21.0. The van der Waals surface area contributed by atoms with Crippen LogP contribution in [0.4, 0.5) is 0 Å². The second kappa shape index (κ2) is 9.69. The number of nitrogens with zero attached hydrogens (tertiary/aromatic N) is 2. The quantitative estimate of drug-likeness (QED) is 0.440. The first-order chi connectivity index (χ1) is 14.5. The van der Waals surface area contributed by atoms with E-state index in [4.69, 9.17) is 9.47 Å². The fraction of sp³-hybridized carbons (Fsp3) is 0.273. The zero-order valence-electron chi connectivity index (χ0n) is 17.1. The number of fused-ring (bicyclic) bond motifs is 1. The van der Waals surface area contributed by atoms with E-state index >= 15 is 0 Å². The van der Waals surface area contributed by atoms with Gasteiger partial charge < -0.3 is 14.5 Å². The van der Waals surface area contributed by atoms with Crippen molar-refractivity contribution in [1.82, 2.24) is 15.4 Å². The van der Waals surface area contributed by atoms with Crippen LogP contribution in [0, 0.1) is 0 Å². The third kappa shape index (κ3) is 5.44. The molecule has 0 bridgehead atoms. The first-order valence-electron chi connectivity index (χ1n) is 9.61. The predicted octanol–water partition coefficient (Wildman–Crippen LogP) is 2.80. The minimum absolute atomic E-state index is 0.0297. The number of amides is 1. The van der Waals surface area contributed by atoms with Crippen LogP contribution in [0.5, 0.6) is 11.5 Å². The van der Waals surface area contributed by atoms with Crippen LogP contribution in [0.25, 0.3) is 11.0 Å². The molecule has 2 N–H and O–H groups in total. The predicted molar refractivity (Wildman–Crippen MR) is 115 cm³/mol. The Morgan fingerprint density at radius 3 is 2.80 bits per heavy atom. The molecule has 0 saturated carbocycles. The Labute approximate surface area is 173 Å². The van der Waals surface area contributed by atoms with Crippen molar-refractivity contribution in [2.45, 2.75) is 32.8 Å². The SMILES string of the molecule is COc1cc(/C=N/NC(=O)CCc2nc3ccccc3[nH]c2=O)ccc1OC(C)C. The summed E-state index contributed by atoms with van der Waals surface area (Å²) in [5, 5.41) is 3.96. The van der Waals surface area contributed by atoms with Crippen molar-refractivity contribution < 1.29 is 14.3 Å². The van der Waals surface area contributed by atoms with E-state index in [1.807, 2.05) is 38.1 Å². The summed E-state index contributed by atoms with van der Waals surface area (Å²) < 4.78 is 11.0. The lowest BCUT2D eigenvalue weighted by atomic mass is 10.2. The molecule has 0 aliphatic carbocycles. The second-order valence-electron chi connectivity index (χ2n) is 6.90. The van der Waals surface area contributed by atoms with Crippen LogP contribution in [-0.4, -0.2) is 35.3 Å². The molecule has 8 nitrogen and oxygen atoms in total. The molecule has 1 aromatic heterocycles. The van der Waals surface area contributed by atoms with Crippen molar-refractivity contribution in [1.29, 1.82) is 0 Å². The lowest BCUT2D eigenvalue weighted by molar-refractivity contribution is -0.121. The number of ether oxygens (including phenoxy) is 2. The van der Waals surface area contributed by atoms with Crippen LogP contribution in [0.15, 0.2) is 52.4 Å². The Hall–Kier alpha value is -3.68. The minimum atomic E-state index is -0.313. The number of benzene rings is 2. The van der Waals surface area contributed by atoms with Gasteiger partial charge in [-0.15, -0.1) is 0 Å². The van der Waals surface area contributed by atoms with E-state index < -0.39 is 0 Å². The van der Waals surface area contributed by atoms with Crippen LogP contribution in [0.3, 0.4) is 0 Å². The van der Waals surface area contributed by atoms with Gasteiger partial charge in [-0.3, -0.25) is 9.59 Å². The molecule has 1 heterocycles. The van der Waals surface area contributed by atoms with Crippen LogP contribution in [-0.2, 0) is 11.2 Å². The number of aryl methyl sites for hydroxylation is 1. The molecule has 3 aromatic rings. The van der Waals surface area contributed by atoms with Gasteiger partial charge in [-0.05, 0) is 49.7 Å². The summed E-state index contributed by atoms with van der Waals surface area (Å²) in [6.07, 6.45) is 1.86. The molecule has 0 saturated heterocycles. The number of hydrogen-bond donors (Lipinski definition) is 2. The Kier molecular flexibility index (Phi) is 6.79. The number of carbonyl (C=O) groups is 1. The average molecular weight is 408 g/mol.